The van der Waals surface area contributed by atoms with E-state index in [1.54, 1.807) is 0 Å². The zero-order valence-electron chi connectivity index (χ0n) is 14.1. The van der Waals surface area contributed by atoms with Crippen LogP contribution in [-0.4, -0.2) is 23.9 Å². The fourth-order valence-electron chi connectivity index (χ4n) is 5.67. The lowest BCUT2D eigenvalue weighted by Gasteiger charge is -2.20. The van der Waals surface area contributed by atoms with Crippen LogP contribution in [-0.2, 0) is 15.8 Å². The van der Waals surface area contributed by atoms with Crippen molar-refractivity contribution in [1.29, 1.82) is 0 Å². The lowest BCUT2D eigenvalue weighted by molar-refractivity contribution is -0.137. The van der Waals surface area contributed by atoms with Crippen molar-refractivity contribution in [2.24, 2.45) is 23.7 Å². The Morgan fingerprint density at radius 1 is 1.23 bits per heavy atom. The maximum absolute atomic E-state index is 12.9. The second-order valence-corrected chi connectivity index (χ2v) is 8.24. The molecule has 1 N–H and O–H groups in total. The molecule has 4 nitrogen and oxygen atoms in total. The minimum absolute atomic E-state index is 0.0333. The number of carbonyl (C=O) groups is 2. The van der Waals surface area contributed by atoms with E-state index in [2.05, 4.69) is 5.32 Å². The van der Waals surface area contributed by atoms with E-state index < -0.39 is 17.7 Å². The van der Waals surface area contributed by atoms with Gasteiger partial charge >= 0.3 is 6.18 Å². The van der Waals surface area contributed by atoms with Crippen molar-refractivity contribution in [3.05, 3.63) is 29.8 Å². The van der Waals surface area contributed by atoms with Crippen LogP contribution in [0.15, 0.2) is 24.3 Å². The summed E-state index contributed by atoms with van der Waals surface area (Å²) in [4.78, 5) is 26.3. The largest absolute Gasteiger partial charge is 0.416 e. The summed E-state index contributed by atoms with van der Waals surface area (Å²) in [5.74, 6) is 1.02. The van der Waals surface area contributed by atoms with Crippen molar-refractivity contribution in [1.82, 2.24) is 5.32 Å². The van der Waals surface area contributed by atoms with Gasteiger partial charge in [0.05, 0.1) is 11.5 Å². The first-order valence-corrected chi connectivity index (χ1v) is 9.07. The van der Waals surface area contributed by atoms with Crippen molar-refractivity contribution in [2.75, 3.05) is 11.4 Å². The highest BCUT2D eigenvalue weighted by Gasteiger charge is 2.75. The molecule has 5 aliphatic rings. The van der Waals surface area contributed by atoms with Crippen LogP contribution in [0.1, 0.15) is 31.2 Å². The van der Waals surface area contributed by atoms with E-state index in [0.717, 1.165) is 24.5 Å². The highest BCUT2D eigenvalue weighted by Crippen LogP contribution is 2.73. The van der Waals surface area contributed by atoms with E-state index >= 15 is 0 Å². The minimum Gasteiger partial charge on any atom is -0.350 e. The molecular weight excluding hydrogens is 345 g/mol. The van der Waals surface area contributed by atoms with Crippen LogP contribution in [0.4, 0.5) is 18.9 Å². The third-order valence-electron chi connectivity index (χ3n) is 6.84. The van der Waals surface area contributed by atoms with Crippen molar-refractivity contribution < 1.29 is 22.8 Å². The van der Waals surface area contributed by atoms with Crippen LogP contribution in [0, 0.1) is 23.7 Å². The normalized spacial score (nSPS) is 37.3. The van der Waals surface area contributed by atoms with Gasteiger partial charge in [0.2, 0.25) is 11.8 Å². The molecule has 26 heavy (non-hydrogen) atoms. The van der Waals surface area contributed by atoms with E-state index in [9.17, 15) is 22.8 Å². The van der Waals surface area contributed by atoms with Gasteiger partial charge < -0.3 is 10.2 Å². The van der Waals surface area contributed by atoms with E-state index in [4.69, 9.17) is 0 Å². The monoisotopic (exact) mass is 364 g/mol. The van der Waals surface area contributed by atoms with Gasteiger partial charge in [-0.05, 0) is 55.2 Å². The number of amides is 2. The molecule has 1 aromatic rings. The van der Waals surface area contributed by atoms with Crippen molar-refractivity contribution in [3.8, 4) is 0 Å². The molecule has 4 bridgehead atoms. The third kappa shape index (κ3) is 2.21. The Kier molecular flexibility index (Phi) is 3.12. The first-order chi connectivity index (χ1) is 12.3. The summed E-state index contributed by atoms with van der Waals surface area (Å²) >= 11 is 0. The average Bonchev–Trinajstić information content (AvgIpc) is 3.13. The molecule has 1 aromatic carbocycles. The number of alkyl halides is 3. The number of rotatable bonds is 3. The zero-order valence-corrected chi connectivity index (χ0v) is 14.1. The molecule has 1 heterocycles. The molecule has 0 radical (unpaired) electrons. The van der Waals surface area contributed by atoms with Crippen molar-refractivity contribution in [2.45, 2.75) is 37.4 Å². The number of anilines is 1. The van der Waals surface area contributed by atoms with Crippen LogP contribution in [0.2, 0.25) is 0 Å². The van der Waals surface area contributed by atoms with Gasteiger partial charge in [0, 0.05) is 24.2 Å². The number of nitrogens with one attached hydrogen (secondary N) is 1. The molecule has 5 fully saturated rings. The number of hydrogen-bond acceptors (Lipinski definition) is 2. The topological polar surface area (TPSA) is 49.4 Å². The van der Waals surface area contributed by atoms with Crippen LogP contribution in [0.25, 0.3) is 0 Å². The molecule has 0 aromatic heterocycles. The summed E-state index contributed by atoms with van der Waals surface area (Å²) in [5.41, 5.74) is -0.624. The van der Waals surface area contributed by atoms with E-state index in [-0.39, 0.29) is 36.0 Å². The van der Waals surface area contributed by atoms with E-state index in [0.29, 0.717) is 11.8 Å². The lowest BCUT2D eigenvalue weighted by Crippen LogP contribution is -2.42. The number of hydrogen-bond donors (Lipinski definition) is 1. The van der Waals surface area contributed by atoms with Gasteiger partial charge in [0.25, 0.3) is 0 Å². The van der Waals surface area contributed by atoms with Gasteiger partial charge in [0.1, 0.15) is 0 Å². The molecule has 6 rings (SSSR count). The Morgan fingerprint density at radius 2 is 1.96 bits per heavy atom. The molecule has 138 valence electrons. The van der Waals surface area contributed by atoms with Gasteiger partial charge in [-0.25, -0.2) is 0 Å². The number of carbonyl (C=O) groups excluding carboxylic acids is 2. The Bertz CT molecular complexity index is 794. The molecule has 1 aliphatic heterocycles. The van der Waals surface area contributed by atoms with Gasteiger partial charge in [-0.15, -0.1) is 0 Å². The average molecular weight is 364 g/mol. The second-order valence-electron chi connectivity index (χ2n) is 8.24. The Labute approximate surface area is 148 Å². The third-order valence-corrected chi connectivity index (χ3v) is 6.84. The predicted molar refractivity (Wildman–Crippen MR) is 87.1 cm³/mol. The van der Waals surface area contributed by atoms with Crippen LogP contribution < -0.4 is 10.2 Å². The maximum Gasteiger partial charge on any atom is 0.416 e. The zero-order chi connectivity index (χ0) is 18.3. The fraction of sp³-hybridized carbons (Fsp3) is 0.579. The number of halogens is 3. The molecule has 1 saturated heterocycles. The lowest BCUT2D eigenvalue weighted by atomic mass is 10.1. The van der Waals surface area contributed by atoms with Gasteiger partial charge in [-0.2, -0.15) is 13.2 Å². The highest BCUT2D eigenvalue weighted by molar-refractivity contribution is 6.00. The standard InChI is InChI=1S/C19H19F3N2O2/c20-19(21,22)12-2-1-3-13(7-12)24-9-11(6-16(24)25)17(26)23-18-8-10-4-14(18)15(18)5-10/h1-3,7,10-11,14-15H,4-6,8-9H2,(H,23,26). The van der Waals surface area contributed by atoms with Gasteiger partial charge in [-0.3, -0.25) is 9.59 Å². The Hall–Kier alpha value is -2.05. The molecule has 3 unspecified atom stereocenters. The Morgan fingerprint density at radius 3 is 2.58 bits per heavy atom. The first-order valence-electron chi connectivity index (χ1n) is 9.07. The summed E-state index contributed by atoms with van der Waals surface area (Å²) in [5, 5.41) is 3.19. The summed E-state index contributed by atoms with van der Waals surface area (Å²) in [6, 6.07) is 4.72. The quantitative estimate of drug-likeness (QED) is 0.897. The summed E-state index contributed by atoms with van der Waals surface area (Å²) < 4.78 is 38.7. The second kappa shape index (κ2) is 5.02. The van der Waals surface area contributed by atoms with E-state index in [1.165, 1.54) is 29.9 Å². The Balaban J connectivity index is 1.30. The summed E-state index contributed by atoms with van der Waals surface area (Å²) in [7, 11) is 0. The van der Waals surface area contributed by atoms with Crippen LogP contribution in [0.5, 0.6) is 0 Å². The molecular formula is C19H19F3N2O2. The van der Waals surface area contributed by atoms with Gasteiger partial charge in [-0.1, -0.05) is 6.07 Å². The minimum atomic E-state index is -4.46. The smallest absolute Gasteiger partial charge is 0.350 e. The predicted octanol–water partition coefficient (Wildman–Crippen LogP) is 2.97. The molecule has 0 spiro atoms. The summed E-state index contributed by atoms with van der Waals surface area (Å²) in [6.07, 6.45) is -0.961. The SMILES string of the molecule is O=C(NC12CC3CC1C2C3)C1CC(=O)N(c2cccc(C(F)(F)F)c2)C1. The molecule has 2 amide bonds. The maximum atomic E-state index is 12.9. The first kappa shape index (κ1) is 16.1. The van der Waals surface area contributed by atoms with E-state index in [1.807, 2.05) is 0 Å². The van der Waals surface area contributed by atoms with Crippen molar-refractivity contribution in [3.63, 3.8) is 0 Å². The summed E-state index contributed by atoms with van der Waals surface area (Å²) in [6.45, 7) is 0.140. The number of nitrogens with zero attached hydrogens (tertiary/aromatic N) is 1. The highest BCUT2D eigenvalue weighted by atomic mass is 19.4. The molecule has 3 atom stereocenters. The van der Waals surface area contributed by atoms with Gasteiger partial charge in [0.15, 0.2) is 0 Å². The number of benzene rings is 1. The van der Waals surface area contributed by atoms with Crippen LogP contribution >= 0.6 is 0 Å². The van der Waals surface area contributed by atoms with Crippen LogP contribution in [0.3, 0.4) is 0 Å². The molecule has 4 saturated carbocycles. The molecule has 4 aliphatic carbocycles. The molecule has 7 heteroatoms. The van der Waals surface area contributed by atoms with Crippen molar-refractivity contribution >= 4 is 17.5 Å². The fourth-order valence-corrected chi connectivity index (χ4v) is 5.67.